The van der Waals surface area contributed by atoms with Crippen molar-refractivity contribution in [3.8, 4) is 0 Å². The normalized spacial score (nSPS) is 17.6. The van der Waals surface area contributed by atoms with Gasteiger partial charge in [-0.05, 0) is 57.0 Å². The standard InChI is InChI=1S/C15H20ClNO/c1-11(17(2)10-12-4-3-5-12)15(18)13-6-8-14(16)9-7-13/h6-9,11-12H,3-5,10H2,1-2H3. The van der Waals surface area contributed by atoms with Crippen molar-refractivity contribution < 1.29 is 4.79 Å². The second-order valence-corrected chi connectivity index (χ2v) is 5.72. The molecule has 0 aliphatic heterocycles. The average Bonchev–Trinajstić information content (AvgIpc) is 2.32. The Morgan fingerprint density at radius 2 is 2.00 bits per heavy atom. The first-order valence-corrected chi connectivity index (χ1v) is 6.95. The van der Waals surface area contributed by atoms with E-state index >= 15 is 0 Å². The van der Waals surface area contributed by atoms with E-state index in [1.165, 1.54) is 19.3 Å². The molecule has 2 rings (SSSR count). The van der Waals surface area contributed by atoms with Gasteiger partial charge in [0.05, 0.1) is 6.04 Å². The summed E-state index contributed by atoms with van der Waals surface area (Å²) in [7, 11) is 2.04. The number of likely N-dealkylation sites (N-methyl/N-ethyl adjacent to an activating group) is 1. The SMILES string of the molecule is CC(C(=O)c1ccc(Cl)cc1)N(C)CC1CCC1. The Kier molecular flexibility index (Phi) is 4.41. The van der Waals surface area contributed by atoms with Gasteiger partial charge in [0, 0.05) is 17.1 Å². The van der Waals surface area contributed by atoms with Crippen LogP contribution in [0.4, 0.5) is 0 Å². The van der Waals surface area contributed by atoms with E-state index in [1.54, 1.807) is 24.3 Å². The maximum atomic E-state index is 12.3. The van der Waals surface area contributed by atoms with Crippen LogP contribution in [-0.2, 0) is 0 Å². The maximum Gasteiger partial charge on any atom is 0.179 e. The lowest BCUT2D eigenvalue weighted by atomic mass is 9.85. The molecule has 18 heavy (non-hydrogen) atoms. The molecular formula is C15H20ClNO. The van der Waals surface area contributed by atoms with E-state index in [4.69, 9.17) is 11.6 Å². The molecule has 0 aromatic heterocycles. The molecule has 2 nitrogen and oxygen atoms in total. The number of nitrogens with zero attached hydrogens (tertiary/aromatic N) is 1. The number of benzene rings is 1. The average molecular weight is 266 g/mol. The maximum absolute atomic E-state index is 12.3. The summed E-state index contributed by atoms with van der Waals surface area (Å²) < 4.78 is 0. The second kappa shape index (κ2) is 5.85. The monoisotopic (exact) mass is 265 g/mol. The number of carbonyl (C=O) groups is 1. The van der Waals surface area contributed by atoms with Gasteiger partial charge < -0.3 is 0 Å². The third kappa shape index (κ3) is 3.12. The molecule has 0 N–H and O–H groups in total. The van der Waals surface area contributed by atoms with Gasteiger partial charge in [-0.25, -0.2) is 0 Å². The quantitative estimate of drug-likeness (QED) is 0.758. The molecule has 0 bridgehead atoms. The lowest BCUT2D eigenvalue weighted by molar-refractivity contribution is 0.0828. The fourth-order valence-electron chi connectivity index (χ4n) is 2.30. The molecule has 98 valence electrons. The fourth-order valence-corrected chi connectivity index (χ4v) is 2.42. The first kappa shape index (κ1) is 13.6. The predicted molar refractivity (Wildman–Crippen MR) is 75.2 cm³/mol. The Morgan fingerprint density at radius 3 is 2.50 bits per heavy atom. The van der Waals surface area contributed by atoms with E-state index in [0.717, 1.165) is 18.0 Å². The van der Waals surface area contributed by atoms with Crippen molar-refractivity contribution in [3.05, 3.63) is 34.9 Å². The molecule has 1 aromatic carbocycles. The smallest absolute Gasteiger partial charge is 0.179 e. The highest BCUT2D eigenvalue weighted by Gasteiger charge is 2.24. The van der Waals surface area contributed by atoms with E-state index in [-0.39, 0.29) is 11.8 Å². The number of Topliss-reactive ketones (excluding diaryl/α,β-unsaturated/α-hetero) is 1. The molecule has 1 unspecified atom stereocenters. The molecule has 3 heteroatoms. The predicted octanol–water partition coefficient (Wildman–Crippen LogP) is 3.64. The summed E-state index contributed by atoms with van der Waals surface area (Å²) >= 11 is 5.83. The zero-order valence-electron chi connectivity index (χ0n) is 11.0. The van der Waals surface area contributed by atoms with Crippen molar-refractivity contribution in [1.29, 1.82) is 0 Å². The van der Waals surface area contributed by atoms with Gasteiger partial charge in [-0.1, -0.05) is 18.0 Å². The van der Waals surface area contributed by atoms with E-state index in [1.807, 2.05) is 14.0 Å². The highest BCUT2D eigenvalue weighted by Crippen LogP contribution is 2.27. The van der Waals surface area contributed by atoms with E-state index < -0.39 is 0 Å². The van der Waals surface area contributed by atoms with Crippen molar-refractivity contribution in [1.82, 2.24) is 4.90 Å². The molecule has 0 radical (unpaired) electrons. The second-order valence-electron chi connectivity index (χ2n) is 5.28. The lowest BCUT2D eigenvalue weighted by Crippen LogP contribution is -2.40. The Balaban J connectivity index is 1.96. The molecule has 1 atom stereocenters. The highest BCUT2D eigenvalue weighted by molar-refractivity contribution is 6.30. The molecule has 1 aliphatic carbocycles. The van der Waals surface area contributed by atoms with Crippen LogP contribution in [0.15, 0.2) is 24.3 Å². The lowest BCUT2D eigenvalue weighted by Gasteiger charge is -2.32. The van der Waals surface area contributed by atoms with Gasteiger partial charge >= 0.3 is 0 Å². The number of carbonyl (C=O) groups excluding carboxylic acids is 1. The van der Waals surface area contributed by atoms with Crippen LogP contribution in [0.5, 0.6) is 0 Å². The molecule has 0 heterocycles. The number of ketones is 1. The zero-order chi connectivity index (χ0) is 13.1. The largest absolute Gasteiger partial charge is 0.296 e. The van der Waals surface area contributed by atoms with Crippen LogP contribution in [0.3, 0.4) is 0 Å². The summed E-state index contributed by atoms with van der Waals surface area (Å²) in [5.41, 5.74) is 0.743. The third-order valence-electron chi connectivity index (χ3n) is 3.94. The minimum atomic E-state index is -0.0632. The van der Waals surface area contributed by atoms with E-state index in [2.05, 4.69) is 4.90 Å². The van der Waals surface area contributed by atoms with Crippen molar-refractivity contribution in [2.45, 2.75) is 32.2 Å². The number of rotatable bonds is 5. The van der Waals surface area contributed by atoms with Gasteiger partial charge in [-0.3, -0.25) is 9.69 Å². The summed E-state index contributed by atoms with van der Waals surface area (Å²) in [6.45, 7) is 3.01. The number of halogens is 1. The Hall–Kier alpha value is -0.860. The summed E-state index contributed by atoms with van der Waals surface area (Å²) in [5.74, 6) is 0.962. The zero-order valence-corrected chi connectivity index (χ0v) is 11.8. The highest BCUT2D eigenvalue weighted by atomic mass is 35.5. The molecule has 0 spiro atoms. The van der Waals surface area contributed by atoms with Gasteiger partial charge in [0.15, 0.2) is 5.78 Å². The molecule has 1 saturated carbocycles. The van der Waals surface area contributed by atoms with Crippen molar-refractivity contribution in [2.75, 3.05) is 13.6 Å². The van der Waals surface area contributed by atoms with Gasteiger partial charge in [0.25, 0.3) is 0 Å². The Labute approximate surface area is 114 Å². The summed E-state index contributed by atoms with van der Waals surface area (Å²) in [6, 6.07) is 7.09. The van der Waals surface area contributed by atoms with Crippen LogP contribution in [0.25, 0.3) is 0 Å². The molecule has 0 amide bonds. The van der Waals surface area contributed by atoms with Crippen molar-refractivity contribution in [2.24, 2.45) is 5.92 Å². The molecule has 1 aliphatic rings. The Morgan fingerprint density at radius 1 is 1.39 bits per heavy atom. The summed E-state index contributed by atoms with van der Waals surface area (Å²) in [6.07, 6.45) is 3.97. The van der Waals surface area contributed by atoms with Crippen LogP contribution in [0.2, 0.25) is 5.02 Å². The summed E-state index contributed by atoms with van der Waals surface area (Å²) in [5, 5.41) is 0.669. The molecular weight excluding hydrogens is 246 g/mol. The van der Waals surface area contributed by atoms with Crippen LogP contribution < -0.4 is 0 Å². The first-order chi connectivity index (χ1) is 8.58. The van der Waals surface area contributed by atoms with Gasteiger partial charge in [-0.2, -0.15) is 0 Å². The molecule has 1 aromatic rings. The topological polar surface area (TPSA) is 20.3 Å². The third-order valence-corrected chi connectivity index (χ3v) is 4.19. The van der Waals surface area contributed by atoms with Crippen molar-refractivity contribution >= 4 is 17.4 Å². The number of hydrogen-bond acceptors (Lipinski definition) is 2. The van der Waals surface area contributed by atoms with Crippen LogP contribution >= 0.6 is 11.6 Å². The minimum Gasteiger partial charge on any atom is -0.296 e. The van der Waals surface area contributed by atoms with Crippen LogP contribution in [-0.4, -0.2) is 30.3 Å². The number of hydrogen-bond donors (Lipinski definition) is 0. The van der Waals surface area contributed by atoms with Gasteiger partial charge in [0.2, 0.25) is 0 Å². The van der Waals surface area contributed by atoms with E-state index in [9.17, 15) is 4.79 Å². The van der Waals surface area contributed by atoms with E-state index in [0.29, 0.717) is 5.02 Å². The summed E-state index contributed by atoms with van der Waals surface area (Å²) in [4.78, 5) is 14.5. The Bertz CT molecular complexity index is 411. The molecule has 0 saturated heterocycles. The van der Waals surface area contributed by atoms with Gasteiger partial charge in [-0.15, -0.1) is 0 Å². The molecule has 1 fully saturated rings. The van der Waals surface area contributed by atoms with Crippen molar-refractivity contribution in [3.63, 3.8) is 0 Å². The van der Waals surface area contributed by atoms with Crippen LogP contribution in [0, 0.1) is 5.92 Å². The van der Waals surface area contributed by atoms with Crippen LogP contribution in [0.1, 0.15) is 36.5 Å². The first-order valence-electron chi connectivity index (χ1n) is 6.58. The van der Waals surface area contributed by atoms with Gasteiger partial charge in [0.1, 0.15) is 0 Å². The minimum absolute atomic E-state index is 0.0632. The fraction of sp³-hybridized carbons (Fsp3) is 0.533.